The molecule has 84 valence electrons. The lowest BCUT2D eigenvalue weighted by atomic mass is 9.93. The minimum atomic E-state index is 0.0308. The third kappa shape index (κ3) is 2.01. The van der Waals surface area contributed by atoms with Crippen molar-refractivity contribution in [2.75, 3.05) is 0 Å². The smallest absolute Gasteiger partial charge is 0.266 e. The fourth-order valence-corrected chi connectivity index (χ4v) is 2.23. The molecule has 0 spiro atoms. The van der Waals surface area contributed by atoms with Crippen LogP contribution in [-0.4, -0.2) is 9.78 Å². The van der Waals surface area contributed by atoms with Crippen LogP contribution in [-0.2, 0) is 5.41 Å². The van der Waals surface area contributed by atoms with Gasteiger partial charge in [0, 0.05) is 17.2 Å². The summed E-state index contributed by atoms with van der Waals surface area (Å²) in [4.78, 5) is 11.8. The highest BCUT2D eigenvalue weighted by molar-refractivity contribution is 5.11. The van der Waals surface area contributed by atoms with E-state index >= 15 is 0 Å². The van der Waals surface area contributed by atoms with Gasteiger partial charge in [-0.25, -0.2) is 4.68 Å². The number of aromatic amines is 1. The molecule has 3 heteroatoms. The van der Waals surface area contributed by atoms with Gasteiger partial charge in [0.15, 0.2) is 0 Å². The summed E-state index contributed by atoms with van der Waals surface area (Å²) in [6, 6.07) is 2.16. The lowest BCUT2D eigenvalue weighted by Gasteiger charge is -2.16. The highest BCUT2D eigenvalue weighted by Crippen LogP contribution is 2.28. The largest absolute Gasteiger partial charge is 0.299 e. The van der Waals surface area contributed by atoms with Gasteiger partial charge in [-0.2, -0.15) is 0 Å². The summed E-state index contributed by atoms with van der Waals surface area (Å²) in [6.07, 6.45) is 4.79. The van der Waals surface area contributed by atoms with Gasteiger partial charge >= 0.3 is 0 Å². The van der Waals surface area contributed by atoms with Gasteiger partial charge < -0.3 is 0 Å². The summed E-state index contributed by atoms with van der Waals surface area (Å²) < 4.78 is 1.83. The zero-order valence-corrected chi connectivity index (χ0v) is 9.84. The summed E-state index contributed by atoms with van der Waals surface area (Å²) in [5.74, 6) is 0. The third-order valence-corrected chi connectivity index (χ3v) is 3.24. The maximum atomic E-state index is 11.8. The van der Waals surface area contributed by atoms with Crippen LogP contribution in [0, 0.1) is 0 Å². The van der Waals surface area contributed by atoms with E-state index in [2.05, 4.69) is 25.9 Å². The Kier molecular flexibility index (Phi) is 2.49. The average Bonchev–Trinajstić information content (AvgIpc) is 2.69. The van der Waals surface area contributed by atoms with E-state index in [0.29, 0.717) is 6.04 Å². The number of aromatic nitrogens is 2. The van der Waals surface area contributed by atoms with Crippen LogP contribution in [0.15, 0.2) is 10.9 Å². The molecule has 1 fully saturated rings. The molecule has 0 amide bonds. The van der Waals surface area contributed by atoms with E-state index in [1.165, 1.54) is 12.8 Å². The lowest BCUT2D eigenvalue weighted by molar-refractivity contribution is 0.439. The van der Waals surface area contributed by atoms with Crippen molar-refractivity contribution in [3.8, 4) is 0 Å². The molecule has 0 aliphatic heterocycles. The molecule has 0 atom stereocenters. The van der Waals surface area contributed by atoms with Crippen molar-refractivity contribution in [3.63, 3.8) is 0 Å². The Bertz CT molecular complexity index is 388. The van der Waals surface area contributed by atoms with Gasteiger partial charge in [-0.3, -0.25) is 9.89 Å². The lowest BCUT2D eigenvalue weighted by Crippen LogP contribution is -2.20. The van der Waals surface area contributed by atoms with Crippen LogP contribution in [0.3, 0.4) is 0 Å². The molecule has 0 radical (unpaired) electrons. The molecule has 0 aromatic carbocycles. The third-order valence-electron chi connectivity index (χ3n) is 3.24. The van der Waals surface area contributed by atoms with E-state index < -0.39 is 0 Å². The second-order valence-corrected chi connectivity index (χ2v) is 5.57. The second-order valence-electron chi connectivity index (χ2n) is 5.57. The van der Waals surface area contributed by atoms with Crippen LogP contribution in [0.5, 0.6) is 0 Å². The van der Waals surface area contributed by atoms with Crippen LogP contribution in [0.25, 0.3) is 0 Å². The van der Waals surface area contributed by atoms with Crippen LogP contribution in [0.4, 0.5) is 0 Å². The molecular formula is C12H20N2O. The Balaban J connectivity index is 2.33. The first-order chi connectivity index (χ1) is 6.98. The number of nitrogens with one attached hydrogen (secondary N) is 1. The maximum absolute atomic E-state index is 11.8. The molecule has 1 aliphatic carbocycles. The summed E-state index contributed by atoms with van der Waals surface area (Å²) >= 11 is 0. The zero-order chi connectivity index (χ0) is 11.1. The Hall–Kier alpha value is -0.990. The molecule has 1 saturated carbocycles. The van der Waals surface area contributed by atoms with Crippen LogP contribution in [0.1, 0.15) is 58.2 Å². The standard InChI is InChI=1S/C12H20N2O/c1-12(2,3)10-8-11(15)14(13-10)9-6-4-5-7-9/h8-9,13H,4-7H2,1-3H3. The molecule has 0 bridgehead atoms. The molecular weight excluding hydrogens is 188 g/mol. The highest BCUT2D eigenvalue weighted by atomic mass is 16.1. The van der Waals surface area contributed by atoms with Gasteiger partial charge in [-0.15, -0.1) is 0 Å². The zero-order valence-electron chi connectivity index (χ0n) is 9.84. The highest BCUT2D eigenvalue weighted by Gasteiger charge is 2.22. The Morgan fingerprint density at radius 1 is 1.33 bits per heavy atom. The van der Waals surface area contributed by atoms with Crippen LogP contribution < -0.4 is 5.56 Å². The van der Waals surface area contributed by atoms with E-state index in [0.717, 1.165) is 18.5 Å². The minimum absolute atomic E-state index is 0.0308. The van der Waals surface area contributed by atoms with E-state index in [-0.39, 0.29) is 11.0 Å². The van der Waals surface area contributed by atoms with Gasteiger partial charge in [0.1, 0.15) is 0 Å². The number of hydrogen-bond donors (Lipinski definition) is 1. The summed E-state index contributed by atoms with van der Waals surface area (Å²) in [5.41, 5.74) is 1.20. The number of H-pyrrole nitrogens is 1. The quantitative estimate of drug-likeness (QED) is 0.756. The molecule has 15 heavy (non-hydrogen) atoms. The topological polar surface area (TPSA) is 37.8 Å². The first-order valence-corrected chi connectivity index (χ1v) is 5.80. The number of hydrogen-bond acceptors (Lipinski definition) is 1. The molecule has 1 aromatic rings. The van der Waals surface area contributed by atoms with E-state index in [1.807, 2.05) is 4.68 Å². The van der Waals surface area contributed by atoms with Gasteiger partial charge in [0.2, 0.25) is 0 Å². The van der Waals surface area contributed by atoms with E-state index in [4.69, 9.17) is 0 Å². The average molecular weight is 208 g/mol. The molecule has 1 N–H and O–H groups in total. The number of rotatable bonds is 1. The molecule has 3 nitrogen and oxygen atoms in total. The van der Waals surface area contributed by atoms with Crippen molar-refractivity contribution in [2.24, 2.45) is 0 Å². The van der Waals surface area contributed by atoms with Gasteiger partial charge in [0.05, 0.1) is 6.04 Å². The molecule has 2 rings (SSSR count). The first-order valence-electron chi connectivity index (χ1n) is 5.80. The minimum Gasteiger partial charge on any atom is -0.299 e. The monoisotopic (exact) mass is 208 g/mol. The van der Waals surface area contributed by atoms with Crippen molar-refractivity contribution in [2.45, 2.75) is 57.9 Å². The van der Waals surface area contributed by atoms with Crippen molar-refractivity contribution in [1.29, 1.82) is 0 Å². The fourth-order valence-electron chi connectivity index (χ4n) is 2.23. The van der Waals surface area contributed by atoms with E-state index in [1.54, 1.807) is 6.07 Å². The summed E-state index contributed by atoms with van der Waals surface area (Å²) in [6.45, 7) is 6.37. The molecule has 1 heterocycles. The van der Waals surface area contributed by atoms with Crippen LogP contribution >= 0.6 is 0 Å². The summed E-state index contributed by atoms with van der Waals surface area (Å²) in [5, 5.41) is 3.27. The molecule has 0 unspecified atom stereocenters. The Morgan fingerprint density at radius 3 is 2.40 bits per heavy atom. The first kappa shape index (κ1) is 10.5. The normalized spacial score (nSPS) is 18.6. The fraction of sp³-hybridized carbons (Fsp3) is 0.750. The van der Waals surface area contributed by atoms with Gasteiger partial charge in [-0.05, 0) is 12.8 Å². The van der Waals surface area contributed by atoms with Gasteiger partial charge in [-0.1, -0.05) is 33.6 Å². The van der Waals surface area contributed by atoms with Crippen molar-refractivity contribution >= 4 is 0 Å². The summed E-state index contributed by atoms with van der Waals surface area (Å²) in [7, 11) is 0. The maximum Gasteiger partial charge on any atom is 0.266 e. The van der Waals surface area contributed by atoms with Gasteiger partial charge in [0.25, 0.3) is 5.56 Å². The molecule has 1 aliphatic rings. The van der Waals surface area contributed by atoms with Crippen molar-refractivity contribution in [3.05, 3.63) is 22.1 Å². The van der Waals surface area contributed by atoms with Crippen molar-refractivity contribution in [1.82, 2.24) is 9.78 Å². The SMILES string of the molecule is CC(C)(C)c1cc(=O)n(C2CCCC2)[nH]1. The second kappa shape index (κ2) is 3.54. The Morgan fingerprint density at radius 2 is 1.93 bits per heavy atom. The van der Waals surface area contributed by atoms with Crippen molar-refractivity contribution < 1.29 is 0 Å². The number of nitrogens with zero attached hydrogens (tertiary/aromatic N) is 1. The van der Waals surface area contributed by atoms with E-state index in [9.17, 15) is 4.79 Å². The van der Waals surface area contributed by atoms with Crippen LogP contribution in [0.2, 0.25) is 0 Å². The Labute approximate surface area is 90.5 Å². The predicted octanol–water partition coefficient (Wildman–Crippen LogP) is 2.59. The molecule has 1 aromatic heterocycles. The molecule has 0 saturated heterocycles. The predicted molar refractivity (Wildman–Crippen MR) is 61.3 cm³/mol.